The summed E-state index contributed by atoms with van der Waals surface area (Å²) in [6.45, 7) is 4.44. The van der Waals surface area contributed by atoms with Gasteiger partial charge in [0.25, 0.3) is 0 Å². The molecule has 0 aliphatic carbocycles. The number of carbonyl (C=O) groups excluding carboxylic acids is 1. The van der Waals surface area contributed by atoms with Crippen molar-refractivity contribution >= 4 is 44.9 Å². The molecule has 19 heavy (non-hydrogen) atoms. The second-order valence-corrected chi connectivity index (χ2v) is 7.92. The molecule has 0 radical (unpaired) electrons. The van der Waals surface area contributed by atoms with Crippen LogP contribution in [0, 0.1) is 0 Å². The number of hydrogen-bond donors (Lipinski definition) is 0. The second kappa shape index (κ2) is 7.67. The van der Waals surface area contributed by atoms with Crippen LogP contribution in [0.2, 0.25) is 0 Å². The van der Waals surface area contributed by atoms with Crippen LogP contribution in [0.15, 0.2) is 15.9 Å². The summed E-state index contributed by atoms with van der Waals surface area (Å²) < 4.78 is 6.59. The first-order valence-electron chi connectivity index (χ1n) is 6.46. The van der Waals surface area contributed by atoms with Crippen molar-refractivity contribution in [2.75, 3.05) is 25.5 Å². The van der Waals surface area contributed by atoms with Crippen molar-refractivity contribution in [1.82, 2.24) is 4.90 Å². The van der Waals surface area contributed by atoms with Crippen LogP contribution in [0.4, 0.5) is 0 Å². The fourth-order valence-corrected chi connectivity index (χ4v) is 4.85. The Morgan fingerprint density at radius 3 is 3.00 bits per heavy atom. The quantitative estimate of drug-likeness (QED) is 0.688. The monoisotopic (exact) mass is 363 g/mol. The third-order valence-corrected chi connectivity index (χ3v) is 5.90. The largest absolute Gasteiger partial charge is 0.381 e. The van der Waals surface area contributed by atoms with Gasteiger partial charge in [-0.05, 0) is 40.9 Å². The lowest BCUT2D eigenvalue weighted by atomic mass is 10.3. The molecule has 0 N–H and O–H groups in total. The number of thiophene rings is 1. The summed E-state index contributed by atoms with van der Waals surface area (Å²) in [5, 5.41) is 0.190. The molecule has 2 heterocycles. The highest BCUT2D eigenvalue weighted by Crippen LogP contribution is 2.42. The second-order valence-electron chi connectivity index (χ2n) is 4.36. The number of halogens is 1. The average molecular weight is 364 g/mol. The lowest BCUT2D eigenvalue weighted by Crippen LogP contribution is -2.29. The number of thioether (sulfide) groups is 1. The fourth-order valence-electron chi connectivity index (χ4n) is 1.98. The number of rotatable bonds is 7. The number of ether oxygens (including phenoxy) is 1. The van der Waals surface area contributed by atoms with Crippen molar-refractivity contribution in [2.24, 2.45) is 0 Å². The third kappa shape index (κ3) is 4.21. The molecule has 1 unspecified atom stereocenters. The van der Waals surface area contributed by atoms with Crippen LogP contribution in [-0.4, -0.2) is 36.3 Å². The molecule has 0 bridgehead atoms. The van der Waals surface area contributed by atoms with Crippen LogP contribution in [0.1, 0.15) is 30.0 Å². The van der Waals surface area contributed by atoms with E-state index in [1.54, 1.807) is 23.1 Å². The Kier molecular flexibility index (Phi) is 6.19. The number of hydrogen-bond acceptors (Lipinski definition) is 4. The summed E-state index contributed by atoms with van der Waals surface area (Å²) in [6, 6.07) is 4.15. The van der Waals surface area contributed by atoms with E-state index in [-0.39, 0.29) is 11.3 Å². The van der Waals surface area contributed by atoms with Gasteiger partial charge in [-0.25, -0.2) is 0 Å². The Labute approximate surface area is 130 Å². The molecule has 1 saturated heterocycles. The van der Waals surface area contributed by atoms with Crippen molar-refractivity contribution in [1.29, 1.82) is 0 Å². The van der Waals surface area contributed by atoms with Crippen molar-refractivity contribution < 1.29 is 9.53 Å². The van der Waals surface area contributed by atoms with E-state index in [4.69, 9.17) is 4.74 Å². The van der Waals surface area contributed by atoms with Crippen LogP contribution >= 0.6 is 39.0 Å². The van der Waals surface area contributed by atoms with Gasteiger partial charge in [-0.2, -0.15) is 0 Å². The molecule has 2 rings (SSSR count). The maximum absolute atomic E-state index is 11.9. The van der Waals surface area contributed by atoms with E-state index in [0.29, 0.717) is 5.75 Å². The minimum atomic E-state index is 0.190. The summed E-state index contributed by atoms with van der Waals surface area (Å²) in [4.78, 5) is 15.2. The fraction of sp³-hybridized carbons (Fsp3) is 0.615. The van der Waals surface area contributed by atoms with Crippen LogP contribution in [0.5, 0.6) is 0 Å². The topological polar surface area (TPSA) is 29.5 Å². The summed E-state index contributed by atoms with van der Waals surface area (Å²) in [5.41, 5.74) is 0. The zero-order valence-electron chi connectivity index (χ0n) is 10.9. The van der Waals surface area contributed by atoms with E-state index >= 15 is 0 Å². The van der Waals surface area contributed by atoms with Gasteiger partial charge in [0.1, 0.15) is 5.37 Å². The van der Waals surface area contributed by atoms with E-state index < -0.39 is 0 Å². The van der Waals surface area contributed by atoms with E-state index in [1.807, 2.05) is 11.0 Å². The molecule has 6 heteroatoms. The number of carbonyl (C=O) groups is 1. The summed E-state index contributed by atoms with van der Waals surface area (Å²) in [5.74, 6) is 0.839. The van der Waals surface area contributed by atoms with Crippen LogP contribution in [0.25, 0.3) is 0 Å². The number of amides is 1. The average Bonchev–Trinajstić information content (AvgIpc) is 2.96. The van der Waals surface area contributed by atoms with Gasteiger partial charge in [0.05, 0.1) is 9.54 Å². The van der Waals surface area contributed by atoms with E-state index in [0.717, 1.165) is 36.4 Å². The minimum Gasteiger partial charge on any atom is -0.381 e. The predicted molar refractivity (Wildman–Crippen MR) is 84.7 cm³/mol. The van der Waals surface area contributed by atoms with Gasteiger partial charge in [-0.3, -0.25) is 4.79 Å². The summed E-state index contributed by atoms with van der Waals surface area (Å²) in [6.07, 6.45) is 1.96. The zero-order chi connectivity index (χ0) is 13.7. The van der Waals surface area contributed by atoms with Crippen molar-refractivity contribution in [3.63, 3.8) is 0 Å². The van der Waals surface area contributed by atoms with Gasteiger partial charge < -0.3 is 9.64 Å². The first-order chi connectivity index (χ1) is 9.22. The van der Waals surface area contributed by atoms with Gasteiger partial charge >= 0.3 is 0 Å². The zero-order valence-corrected chi connectivity index (χ0v) is 14.2. The lowest BCUT2D eigenvalue weighted by molar-refractivity contribution is -0.128. The first kappa shape index (κ1) is 15.4. The Balaban J connectivity index is 1.87. The van der Waals surface area contributed by atoms with Crippen molar-refractivity contribution in [3.05, 3.63) is 20.8 Å². The molecule has 0 saturated carbocycles. The molecule has 1 aromatic heterocycles. The Hall–Kier alpha value is -0.0400. The van der Waals surface area contributed by atoms with Gasteiger partial charge in [0.15, 0.2) is 0 Å². The SMILES string of the molecule is CCCOCCCN1C(=O)CSC1c1ccc(Br)s1. The van der Waals surface area contributed by atoms with Gasteiger partial charge in [0, 0.05) is 24.6 Å². The molecular formula is C13H18BrNO2S2. The lowest BCUT2D eigenvalue weighted by Gasteiger charge is -2.22. The highest BCUT2D eigenvalue weighted by Gasteiger charge is 2.33. The molecule has 1 atom stereocenters. The molecule has 3 nitrogen and oxygen atoms in total. The summed E-state index contributed by atoms with van der Waals surface area (Å²) >= 11 is 6.91. The van der Waals surface area contributed by atoms with Crippen LogP contribution < -0.4 is 0 Å². The Morgan fingerprint density at radius 2 is 2.32 bits per heavy atom. The first-order valence-corrected chi connectivity index (χ1v) is 9.12. The van der Waals surface area contributed by atoms with E-state index in [2.05, 4.69) is 28.9 Å². The minimum absolute atomic E-state index is 0.190. The number of nitrogens with zero attached hydrogens (tertiary/aromatic N) is 1. The molecule has 1 aliphatic heterocycles. The van der Waals surface area contributed by atoms with Crippen molar-refractivity contribution in [2.45, 2.75) is 25.1 Å². The molecule has 0 aromatic carbocycles. The normalized spacial score (nSPS) is 19.4. The third-order valence-electron chi connectivity index (χ3n) is 2.84. The Morgan fingerprint density at radius 1 is 1.47 bits per heavy atom. The van der Waals surface area contributed by atoms with Gasteiger partial charge in [0.2, 0.25) is 5.91 Å². The molecule has 1 fully saturated rings. The Bertz CT molecular complexity index is 425. The maximum Gasteiger partial charge on any atom is 0.233 e. The highest BCUT2D eigenvalue weighted by atomic mass is 79.9. The van der Waals surface area contributed by atoms with Crippen molar-refractivity contribution in [3.8, 4) is 0 Å². The highest BCUT2D eigenvalue weighted by molar-refractivity contribution is 9.11. The standard InChI is InChI=1S/C13H18BrNO2S2/c1-2-7-17-8-3-6-15-12(16)9-18-13(15)10-4-5-11(14)19-10/h4-5,13H,2-3,6-9H2,1H3. The smallest absolute Gasteiger partial charge is 0.233 e. The molecule has 1 aliphatic rings. The van der Waals surface area contributed by atoms with Gasteiger partial charge in [-0.1, -0.05) is 6.92 Å². The molecule has 106 valence electrons. The summed E-state index contributed by atoms with van der Waals surface area (Å²) in [7, 11) is 0. The molecule has 0 spiro atoms. The van der Waals surface area contributed by atoms with Crippen LogP contribution in [-0.2, 0) is 9.53 Å². The van der Waals surface area contributed by atoms with E-state index in [9.17, 15) is 4.79 Å². The molecule has 1 aromatic rings. The van der Waals surface area contributed by atoms with Crippen LogP contribution in [0.3, 0.4) is 0 Å². The maximum atomic E-state index is 11.9. The van der Waals surface area contributed by atoms with E-state index in [1.165, 1.54) is 4.88 Å². The molecular weight excluding hydrogens is 346 g/mol. The molecule has 1 amide bonds. The predicted octanol–water partition coefficient (Wildman–Crippen LogP) is 3.90. The van der Waals surface area contributed by atoms with Gasteiger partial charge in [-0.15, -0.1) is 23.1 Å².